The maximum absolute atomic E-state index is 11.1. The maximum Gasteiger partial charge on any atom is 0.305 e. The zero-order chi connectivity index (χ0) is 11.9. The summed E-state index contributed by atoms with van der Waals surface area (Å²) in [7, 11) is 0. The molecular formula is C14H17NO2. The first kappa shape index (κ1) is 10.8. The predicted octanol–water partition coefficient (Wildman–Crippen LogP) is 2.05. The molecule has 0 aliphatic heterocycles. The monoisotopic (exact) mass is 231 g/mol. The molecule has 1 aromatic carbocycles. The van der Waals surface area contributed by atoms with Gasteiger partial charge in [-0.1, -0.05) is 24.3 Å². The lowest BCUT2D eigenvalue weighted by Crippen LogP contribution is -2.43. The van der Waals surface area contributed by atoms with Crippen molar-refractivity contribution < 1.29 is 9.90 Å². The zero-order valence-corrected chi connectivity index (χ0v) is 9.78. The van der Waals surface area contributed by atoms with Gasteiger partial charge in [-0.2, -0.15) is 0 Å². The maximum atomic E-state index is 11.1. The van der Waals surface area contributed by atoms with Crippen molar-refractivity contribution in [1.82, 2.24) is 5.32 Å². The van der Waals surface area contributed by atoms with E-state index in [2.05, 4.69) is 17.4 Å². The number of hydrogen-bond acceptors (Lipinski definition) is 2. The first-order chi connectivity index (χ1) is 8.20. The Labute approximate surface area is 101 Å². The number of fused-ring (bicyclic) bond motifs is 1. The third kappa shape index (κ3) is 1.95. The van der Waals surface area contributed by atoms with Crippen LogP contribution >= 0.6 is 0 Å². The van der Waals surface area contributed by atoms with Gasteiger partial charge < -0.3 is 10.4 Å². The lowest BCUT2D eigenvalue weighted by Gasteiger charge is -2.30. The number of aryl methyl sites for hydroxylation is 1. The van der Waals surface area contributed by atoms with Crippen LogP contribution in [0.3, 0.4) is 0 Å². The van der Waals surface area contributed by atoms with Crippen LogP contribution in [0, 0.1) is 0 Å². The SMILES string of the molecule is O=C(O)CC1(NC2CC2)CCc2ccccc21. The molecule has 0 saturated heterocycles. The van der Waals surface area contributed by atoms with Gasteiger partial charge in [0.25, 0.3) is 0 Å². The number of aliphatic carboxylic acids is 1. The van der Waals surface area contributed by atoms with Crippen molar-refractivity contribution in [2.75, 3.05) is 0 Å². The van der Waals surface area contributed by atoms with Crippen molar-refractivity contribution in [3.8, 4) is 0 Å². The van der Waals surface area contributed by atoms with Gasteiger partial charge in [0.2, 0.25) is 0 Å². The Morgan fingerprint density at radius 3 is 2.88 bits per heavy atom. The first-order valence-electron chi connectivity index (χ1n) is 6.27. The molecular weight excluding hydrogens is 214 g/mol. The van der Waals surface area contributed by atoms with Crippen LogP contribution < -0.4 is 5.32 Å². The summed E-state index contributed by atoms with van der Waals surface area (Å²) in [6.45, 7) is 0. The number of rotatable bonds is 4. The van der Waals surface area contributed by atoms with Gasteiger partial charge in [0.15, 0.2) is 0 Å². The molecule has 2 aliphatic carbocycles. The van der Waals surface area contributed by atoms with Gasteiger partial charge in [-0.05, 0) is 36.8 Å². The summed E-state index contributed by atoms with van der Waals surface area (Å²) >= 11 is 0. The molecule has 0 spiro atoms. The van der Waals surface area contributed by atoms with Crippen LogP contribution in [-0.2, 0) is 16.8 Å². The van der Waals surface area contributed by atoms with E-state index in [0.29, 0.717) is 6.04 Å². The number of carboxylic acids is 1. The molecule has 3 rings (SSSR count). The minimum absolute atomic E-state index is 0.195. The molecule has 17 heavy (non-hydrogen) atoms. The lowest BCUT2D eigenvalue weighted by molar-refractivity contribution is -0.138. The highest BCUT2D eigenvalue weighted by atomic mass is 16.4. The van der Waals surface area contributed by atoms with E-state index >= 15 is 0 Å². The first-order valence-corrected chi connectivity index (χ1v) is 6.27. The van der Waals surface area contributed by atoms with E-state index in [1.165, 1.54) is 24.0 Å². The van der Waals surface area contributed by atoms with E-state index in [9.17, 15) is 4.79 Å². The summed E-state index contributed by atoms with van der Waals surface area (Å²) in [4.78, 5) is 11.1. The standard InChI is InChI=1S/C14H17NO2/c16-13(17)9-14(15-11-5-6-11)8-7-10-3-1-2-4-12(10)14/h1-4,11,15H,5-9H2,(H,16,17). The quantitative estimate of drug-likeness (QED) is 0.833. The second kappa shape index (κ2) is 3.84. The number of nitrogens with one attached hydrogen (secondary N) is 1. The Morgan fingerprint density at radius 1 is 1.41 bits per heavy atom. The molecule has 0 radical (unpaired) electrons. The topological polar surface area (TPSA) is 49.3 Å². The second-order valence-electron chi connectivity index (χ2n) is 5.23. The Bertz CT molecular complexity index is 453. The normalized spacial score (nSPS) is 26.8. The van der Waals surface area contributed by atoms with Crippen molar-refractivity contribution in [3.05, 3.63) is 35.4 Å². The molecule has 1 aromatic rings. The molecule has 1 saturated carbocycles. The highest BCUT2D eigenvalue weighted by Crippen LogP contribution is 2.41. The smallest absolute Gasteiger partial charge is 0.305 e. The van der Waals surface area contributed by atoms with E-state index < -0.39 is 5.97 Å². The van der Waals surface area contributed by atoms with Gasteiger partial charge >= 0.3 is 5.97 Å². The Kier molecular flexibility index (Phi) is 2.44. The molecule has 1 unspecified atom stereocenters. The Balaban J connectivity index is 1.96. The summed E-state index contributed by atoms with van der Waals surface area (Å²) in [5.74, 6) is -0.713. The van der Waals surface area contributed by atoms with Crippen LogP contribution in [0.25, 0.3) is 0 Å². The second-order valence-corrected chi connectivity index (χ2v) is 5.23. The van der Waals surface area contributed by atoms with Gasteiger partial charge in [-0.25, -0.2) is 0 Å². The van der Waals surface area contributed by atoms with Crippen LogP contribution in [0.5, 0.6) is 0 Å². The minimum atomic E-state index is -0.713. The number of hydrogen-bond donors (Lipinski definition) is 2. The average Bonchev–Trinajstić information content (AvgIpc) is 3.03. The van der Waals surface area contributed by atoms with E-state index in [0.717, 1.165) is 12.8 Å². The zero-order valence-electron chi connectivity index (χ0n) is 9.78. The van der Waals surface area contributed by atoms with E-state index in [1.807, 2.05) is 12.1 Å². The van der Waals surface area contributed by atoms with Crippen LogP contribution in [0.2, 0.25) is 0 Å². The summed E-state index contributed by atoms with van der Waals surface area (Å²) in [5, 5.41) is 12.7. The fourth-order valence-electron chi connectivity index (χ4n) is 2.95. The molecule has 1 fully saturated rings. The van der Waals surface area contributed by atoms with Gasteiger partial charge in [-0.15, -0.1) is 0 Å². The highest BCUT2D eigenvalue weighted by molar-refractivity contribution is 5.69. The summed E-state index contributed by atoms with van der Waals surface area (Å²) in [6.07, 6.45) is 4.46. The van der Waals surface area contributed by atoms with Crippen LogP contribution in [-0.4, -0.2) is 17.1 Å². The van der Waals surface area contributed by atoms with Crippen LogP contribution in [0.15, 0.2) is 24.3 Å². The summed E-state index contributed by atoms with van der Waals surface area (Å²) < 4.78 is 0. The fraction of sp³-hybridized carbons (Fsp3) is 0.500. The van der Waals surface area contributed by atoms with Crippen LogP contribution in [0.4, 0.5) is 0 Å². The number of carboxylic acid groups (broad SMARTS) is 1. The minimum Gasteiger partial charge on any atom is -0.481 e. The highest BCUT2D eigenvalue weighted by Gasteiger charge is 2.43. The van der Waals surface area contributed by atoms with Crippen molar-refractivity contribution in [2.24, 2.45) is 0 Å². The molecule has 2 aliphatic rings. The van der Waals surface area contributed by atoms with Crippen molar-refractivity contribution in [3.63, 3.8) is 0 Å². The van der Waals surface area contributed by atoms with Gasteiger partial charge in [0, 0.05) is 6.04 Å². The molecule has 1 atom stereocenters. The molecule has 0 heterocycles. The van der Waals surface area contributed by atoms with Crippen molar-refractivity contribution in [2.45, 2.75) is 43.7 Å². The summed E-state index contributed by atoms with van der Waals surface area (Å²) in [5.41, 5.74) is 2.19. The van der Waals surface area contributed by atoms with Gasteiger partial charge in [0.05, 0.1) is 12.0 Å². The molecule has 3 nitrogen and oxygen atoms in total. The fourth-order valence-corrected chi connectivity index (χ4v) is 2.95. The average molecular weight is 231 g/mol. The number of carbonyl (C=O) groups is 1. The van der Waals surface area contributed by atoms with E-state index in [1.54, 1.807) is 0 Å². The molecule has 0 aromatic heterocycles. The third-order valence-electron chi connectivity index (χ3n) is 3.86. The van der Waals surface area contributed by atoms with Gasteiger partial charge in [0.1, 0.15) is 0 Å². The van der Waals surface area contributed by atoms with Crippen molar-refractivity contribution in [1.29, 1.82) is 0 Å². The van der Waals surface area contributed by atoms with Gasteiger partial charge in [-0.3, -0.25) is 4.79 Å². The van der Waals surface area contributed by atoms with E-state index in [-0.39, 0.29) is 12.0 Å². The van der Waals surface area contributed by atoms with E-state index in [4.69, 9.17) is 5.11 Å². The lowest BCUT2D eigenvalue weighted by atomic mass is 9.88. The summed E-state index contributed by atoms with van der Waals surface area (Å²) in [6, 6.07) is 8.77. The molecule has 0 bridgehead atoms. The number of benzene rings is 1. The largest absolute Gasteiger partial charge is 0.481 e. The predicted molar refractivity (Wildman–Crippen MR) is 64.9 cm³/mol. The third-order valence-corrected chi connectivity index (χ3v) is 3.86. The van der Waals surface area contributed by atoms with Crippen LogP contribution in [0.1, 0.15) is 36.8 Å². The molecule has 3 heteroatoms. The Morgan fingerprint density at radius 2 is 2.18 bits per heavy atom. The van der Waals surface area contributed by atoms with Crippen molar-refractivity contribution >= 4 is 5.97 Å². The molecule has 90 valence electrons. The molecule has 2 N–H and O–H groups in total. The Hall–Kier alpha value is -1.35. The molecule has 0 amide bonds.